The lowest BCUT2D eigenvalue weighted by Gasteiger charge is -2.58. The molecule has 0 radical (unpaired) electrons. The second kappa shape index (κ2) is 6.69. The molecule has 3 rings (SSSR count). The monoisotopic (exact) mass is 345 g/mol. The van der Waals surface area contributed by atoms with Gasteiger partial charge in [-0.2, -0.15) is 0 Å². The minimum atomic E-state index is -0.336. The quantitative estimate of drug-likeness (QED) is 0.909. The minimum absolute atomic E-state index is 0.0716. The molecule has 4 atom stereocenters. The van der Waals surface area contributed by atoms with Crippen molar-refractivity contribution in [2.75, 3.05) is 13.6 Å². The van der Waals surface area contributed by atoms with Crippen molar-refractivity contribution < 1.29 is 9.90 Å². The smallest absolute Gasteiger partial charge is 0.219 e. The zero-order chi connectivity index (χ0) is 18.4. The SMILES string of the molecule is CC(=O)N1CC2(C[C@@H](O)[C@H](N(C)Cc3cnccc3C)C2)C1C(C)C. The Morgan fingerprint density at radius 3 is 2.80 bits per heavy atom. The normalized spacial score (nSPS) is 31.8. The van der Waals surface area contributed by atoms with E-state index in [0.29, 0.717) is 5.92 Å². The third kappa shape index (κ3) is 3.20. The summed E-state index contributed by atoms with van der Waals surface area (Å²) in [6, 6.07) is 2.41. The number of hydrogen-bond acceptors (Lipinski definition) is 4. The summed E-state index contributed by atoms with van der Waals surface area (Å²) in [5.41, 5.74) is 2.51. The molecule has 25 heavy (non-hydrogen) atoms. The van der Waals surface area contributed by atoms with E-state index < -0.39 is 0 Å². The molecule has 0 bridgehead atoms. The largest absolute Gasteiger partial charge is 0.391 e. The van der Waals surface area contributed by atoms with Gasteiger partial charge in [0.2, 0.25) is 5.91 Å². The molecule has 1 aromatic rings. The molecule has 138 valence electrons. The highest BCUT2D eigenvalue weighted by atomic mass is 16.3. The molecular formula is C20H31N3O2. The van der Waals surface area contributed by atoms with Crippen molar-refractivity contribution in [1.29, 1.82) is 0 Å². The lowest BCUT2D eigenvalue weighted by Crippen LogP contribution is -2.67. The molecule has 1 aliphatic carbocycles. The van der Waals surface area contributed by atoms with Crippen molar-refractivity contribution in [3.05, 3.63) is 29.6 Å². The molecule has 5 heteroatoms. The van der Waals surface area contributed by atoms with Gasteiger partial charge in [-0.3, -0.25) is 14.7 Å². The van der Waals surface area contributed by atoms with Crippen LogP contribution in [0.5, 0.6) is 0 Å². The Hall–Kier alpha value is -1.46. The first-order valence-corrected chi connectivity index (χ1v) is 9.30. The summed E-state index contributed by atoms with van der Waals surface area (Å²) in [4.78, 5) is 20.4. The topological polar surface area (TPSA) is 56.7 Å². The summed E-state index contributed by atoms with van der Waals surface area (Å²) in [5, 5.41) is 10.8. The Morgan fingerprint density at radius 2 is 2.20 bits per heavy atom. The van der Waals surface area contributed by atoms with Gasteiger partial charge in [-0.1, -0.05) is 13.8 Å². The van der Waals surface area contributed by atoms with Crippen LogP contribution in [0.2, 0.25) is 0 Å². The number of aliphatic hydroxyl groups excluding tert-OH is 1. The zero-order valence-electron chi connectivity index (χ0n) is 16.1. The van der Waals surface area contributed by atoms with Gasteiger partial charge < -0.3 is 10.0 Å². The zero-order valence-corrected chi connectivity index (χ0v) is 16.1. The van der Waals surface area contributed by atoms with E-state index in [1.165, 1.54) is 11.1 Å². The van der Waals surface area contributed by atoms with Gasteiger partial charge >= 0.3 is 0 Å². The van der Waals surface area contributed by atoms with Crippen LogP contribution >= 0.6 is 0 Å². The summed E-state index contributed by atoms with van der Waals surface area (Å²) in [5.74, 6) is 0.566. The fraction of sp³-hybridized carbons (Fsp3) is 0.700. The first kappa shape index (κ1) is 18.3. The van der Waals surface area contributed by atoms with E-state index in [1.54, 1.807) is 6.92 Å². The standard InChI is InChI=1S/C20H31N3O2/c1-13(2)19-20(12-23(19)15(4)24)8-17(18(25)9-20)22(5)11-16-10-21-7-6-14(16)3/h6-7,10,13,17-19,25H,8-9,11-12H2,1-5H3/t17-,18-,19?,20?/m1/s1. The van der Waals surface area contributed by atoms with E-state index in [4.69, 9.17) is 0 Å². The highest BCUT2D eigenvalue weighted by molar-refractivity contribution is 5.75. The number of aliphatic hydroxyl groups is 1. The number of amides is 1. The van der Waals surface area contributed by atoms with E-state index in [0.717, 1.165) is 25.9 Å². The Kier molecular flexibility index (Phi) is 4.91. The van der Waals surface area contributed by atoms with Gasteiger partial charge in [-0.25, -0.2) is 0 Å². The Morgan fingerprint density at radius 1 is 1.48 bits per heavy atom. The van der Waals surface area contributed by atoms with Crippen molar-refractivity contribution in [3.8, 4) is 0 Å². The van der Waals surface area contributed by atoms with Crippen LogP contribution in [0.4, 0.5) is 0 Å². The van der Waals surface area contributed by atoms with Crippen LogP contribution in [0.15, 0.2) is 18.5 Å². The molecule has 0 aromatic carbocycles. The second-order valence-electron chi connectivity index (χ2n) is 8.46. The predicted molar refractivity (Wildman–Crippen MR) is 97.9 cm³/mol. The summed E-state index contributed by atoms with van der Waals surface area (Å²) in [7, 11) is 2.09. The summed E-state index contributed by atoms with van der Waals surface area (Å²) in [6.07, 6.45) is 5.14. The molecule has 2 heterocycles. The molecular weight excluding hydrogens is 314 g/mol. The molecule has 1 saturated carbocycles. The number of aromatic nitrogens is 1. The van der Waals surface area contributed by atoms with E-state index in [9.17, 15) is 9.90 Å². The number of carbonyl (C=O) groups is 1. The molecule has 1 N–H and O–H groups in total. The van der Waals surface area contributed by atoms with Crippen molar-refractivity contribution in [1.82, 2.24) is 14.8 Å². The predicted octanol–water partition coefficient (Wildman–Crippen LogP) is 2.22. The number of nitrogens with zero attached hydrogens (tertiary/aromatic N) is 3. The average molecular weight is 345 g/mol. The van der Waals surface area contributed by atoms with Gasteiger partial charge in [0.15, 0.2) is 0 Å². The highest BCUT2D eigenvalue weighted by Gasteiger charge is 2.60. The van der Waals surface area contributed by atoms with Crippen LogP contribution in [0.25, 0.3) is 0 Å². The molecule has 5 nitrogen and oxygen atoms in total. The lowest BCUT2D eigenvalue weighted by atomic mass is 9.65. The number of pyridine rings is 1. The molecule has 1 amide bonds. The maximum absolute atomic E-state index is 11.9. The van der Waals surface area contributed by atoms with Crippen LogP contribution in [0.1, 0.15) is 44.7 Å². The van der Waals surface area contributed by atoms with Crippen LogP contribution in [-0.2, 0) is 11.3 Å². The number of rotatable bonds is 4. The number of aryl methyl sites for hydroxylation is 1. The van der Waals surface area contributed by atoms with E-state index >= 15 is 0 Å². The summed E-state index contributed by atoms with van der Waals surface area (Å²) < 4.78 is 0. The number of likely N-dealkylation sites (tertiary alicyclic amines) is 1. The molecule has 2 unspecified atom stereocenters. The highest BCUT2D eigenvalue weighted by Crippen LogP contribution is 2.53. The van der Waals surface area contributed by atoms with Gasteiger partial charge in [-0.15, -0.1) is 0 Å². The van der Waals surface area contributed by atoms with Gasteiger partial charge in [-0.05, 0) is 49.9 Å². The fourth-order valence-corrected chi connectivity index (χ4v) is 5.18. The van der Waals surface area contributed by atoms with Gasteiger partial charge in [0.1, 0.15) is 0 Å². The molecule has 1 saturated heterocycles. The van der Waals surface area contributed by atoms with Crippen molar-refractivity contribution >= 4 is 5.91 Å². The van der Waals surface area contributed by atoms with Gasteiger partial charge in [0, 0.05) is 49.9 Å². The van der Waals surface area contributed by atoms with E-state index in [1.807, 2.05) is 23.4 Å². The van der Waals surface area contributed by atoms with Crippen molar-refractivity contribution in [2.45, 2.75) is 65.3 Å². The summed E-state index contributed by atoms with van der Waals surface area (Å²) >= 11 is 0. The number of carbonyl (C=O) groups excluding carboxylic acids is 1. The molecule has 1 spiro atoms. The van der Waals surface area contributed by atoms with Crippen LogP contribution in [0.3, 0.4) is 0 Å². The molecule has 1 aromatic heterocycles. The minimum Gasteiger partial charge on any atom is -0.391 e. The maximum Gasteiger partial charge on any atom is 0.219 e. The maximum atomic E-state index is 11.9. The molecule has 2 fully saturated rings. The van der Waals surface area contributed by atoms with E-state index in [2.05, 4.69) is 37.7 Å². The number of hydrogen-bond donors (Lipinski definition) is 1. The Bertz CT molecular complexity index is 648. The lowest BCUT2D eigenvalue weighted by molar-refractivity contribution is -0.158. The first-order chi connectivity index (χ1) is 11.7. The first-order valence-electron chi connectivity index (χ1n) is 9.30. The Balaban J connectivity index is 1.73. The van der Waals surface area contributed by atoms with Crippen LogP contribution in [-0.4, -0.2) is 57.6 Å². The van der Waals surface area contributed by atoms with Crippen molar-refractivity contribution in [3.63, 3.8) is 0 Å². The molecule has 1 aliphatic heterocycles. The van der Waals surface area contributed by atoms with E-state index in [-0.39, 0.29) is 29.5 Å². The summed E-state index contributed by atoms with van der Waals surface area (Å²) in [6.45, 7) is 9.71. The third-order valence-electron chi connectivity index (χ3n) is 6.29. The molecule has 2 aliphatic rings. The van der Waals surface area contributed by atoms with Crippen molar-refractivity contribution in [2.24, 2.45) is 11.3 Å². The number of likely N-dealkylation sites (N-methyl/N-ethyl adjacent to an activating group) is 1. The van der Waals surface area contributed by atoms with Gasteiger partial charge in [0.25, 0.3) is 0 Å². The van der Waals surface area contributed by atoms with Crippen LogP contribution < -0.4 is 0 Å². The van der Waals surface area contributed by atoms with Crippen LogP contribution in [0, 0.1) is 18.3 Å². The second-order valence-corrected chi connectivity index (χ2v) is 8.46. The fourth-order valence-electron chi connectivity index (χ4n) is 5.18. The average Bonchev–Trinajstić information content (AvgIpc) is 2.86. The Labute approximate surface area is 151 Å². The van der Waals surface area contributed by atoms with Gasteiger partial charge in [0.05, 0.1) is 6.10 Å². The third-order valence-corrected chi connectivity index (χ3v) is 6.29.